The molecule has 0 bridgehead atoms. The summed E-state index contributed by atoms with van der Waals surface area (Å²) in [7, 11) is -4.16. The lowest BCUT2D eigenvalue weighted by Gasteiger charge is -2.30. The molecule has 0 spiro atoms. The summed E-state index contributed by atoms with van der Waals surface area (Å²) in [6.07, 6.45) is 0. The van der Waals surface area contributed by atoms with E-state index in [-0.39, 0.29) is 23.0 Å². The first-order chi connectivity index (χ1) is 15.0. The summed E-state index contributed by atoms with van der Waals surface area (Å²) in [5.74, 6) is -1.87. The molecule has 32 heavy (non-hydrogen) atoms. The Labute approximate surface area is 192 Å². The summed E-state index contributed by atoms with van der Waals surface area (Å²) in [5, 5.41) is 3.15. The molecule has 3 rings (SSSR count). The first-order valence-corrected chi connectivity index (χ1v) is 11.8. The number of hydrogen-bond donors (Lipinski definition) is 1. The number of nitrogens with one attached hydrogen (secondary N) is 1. The minimum absolute atomic E-state index is 0.0172. The highest BCUT2D eigenvalue weighted by atomic mass is 35.5. The van der Waals surface area contributed by atoms with E-state index < -0.39 is 40.3 Å². The third-order valence-electron chi connectivity index (χ3n) is 5.09. The van der Waals surface area contributed by atoms with Crippen molar-refractivity contribution in [2.75, 3.05) is 6.54 Å². The van der Waals surface area contributed by atoms with Crippen molar-refractivity contribution in [1.29, 1.82) is 0 Å². The second-order valence-electron chi connectivity index (χ2n) is 7.77. The fourth-order valence-corrected chi connectivity index (χ4v) is 5.11. The molecule has 0 saturated carbocycles. The summed E-state index contributed by atoms with van der Waals surface area (Å²) in [6.45, 7) is 4.37. The van der Waals surface area contributed by atoms with Gasteiger partial charge in [0.15, 0.2) is 0 Å². The van der Waals surface area contributed by atoms with Crippen molar-refractivity contribution in [3.8, 4) is 0 Å². The molecule has 1 aliphatic rings. The molecule has 2 aromatic carbocycles. The maximum absolute atomic E-state index is 13.3. The van der Waals surface area contributed by atoms with Gasteiger partial charge in [0.25, 0.3) is 15.9 Å². The highest BCUT2D eigenvalue weighted by Gasteiger charge is 2.43. The average Bonchev–Trinajstić information content (AvgIpc) is 2.93. The molecule has 0 radical (unpaired) electrons. The molecular weight excluding hydrogens is 454 g/mol. The number of carbonyl (C=O) groups excluding carboxylic acids is 3. The standard InChI is InChI=1S/C22H24ClN3O5S/c1-14(2)24-21(28)15(3)25(12-16-8-4-6-10-18(16)23)20(27)13-26-22(29)17-9-5-7-11-19(17)32(26,30)31/h4-11,14-15H,12-13H2,1-3H3,(H,24,28)/t15-/m1/s1. The van der Waals surface area contributed by atoms with E-state index in [1.807, 2.05) is 0 Å². The summed E-state index contributed by atoms with van der Waals surface area (Å²) in [4.78, 5) is 39.7. The molecule has 0 aliphatic carbocycles. The predicted molar refractivity (Wildman–Crippen MR) is 119 cm³/mol. The third-order valence-corrected chi connectivity index (χ3v) is 7.24. The second-order valence-corrected chi connectivity index (χ2v) is 10.0. The van der Waals surface area contributed by atoms with Crippen molar-refractivity contribution in [2.24, 2.45) is 0 Å². The second kappa shape index (κ2) is 9.30. The van der Waals surface area contributed by atoms with E-state index in [1.165, 1.54) is 23.1 Å². The summed E-state index contributed by atoms with van der Waals surface area (Å²) in [5.41, 5.74) is 0.606. The Balaban J connectivity index is 1.91. The van der Waals surface area contributed by atoms with Gasteiger partial charge in [-0.25, -0.2) is 12.7 Å². The fourth-order valence-electron chi connectivity index (χ4n) is 3.40. The number of halogens is 1. The van der Waals surface area contributed by atoms with E-state index in [0.29, 0.717) is 14.9 Å². The normalized spacial score (nSPS) is 15.4. The van der Waals surface area contributed by atoms with Gasteiger partial charge in [0, 0.05) is 17.6 Å². The van der Waals surface area contributed by atoms with Gasteiger partial charge in [0.05, 0.1) is 5.56 Å². The minimum atomic E-state index is -4.16. The van der Waals surface area contributed by atoms with Crippen LogP contribution in [0.3, 0.4) is 0 Å². The first-order valence-electron chi connectivity index (χ1n) is 10.0. The molecule has 170 valence electrons. The lowest BCUT2D eigenvalue weighted by Crippen LogP contribution is -2.52. The van der Waals surface area contributed by atoms with E-state index in [9.17, 15) is 22.8 Å². The van der Waals surface area contributed by atoms with Gasteiger partial charge in [-0.1, -0.05) is 41.9 Å². The van der Waals surface area contributed by atoms with E-state index in [2.05, 4.69) is 5.32 Å². The zero-order valence-corrected chi connectivity index (χ0v) is 19.5. The van der Waals surface area contributed by atoms with Crippen LogP contribution in [0.25, 0.3) is 0 Å². The molecule has 0 aromatic heterocycles. The SMILES string of the molecule is CC(C)NC(=O)[C@@H](C)N(Cc1ccccc1Cl)C(=O)CN1C(=O)c2ccccc2S1(=O)=O. The minimum Gasteiger partial charge on any atom is -0.352 e. The van der Waals surface area contributed by atoms with E-state index in [1.54, 1.807) is 51.1 Å². The Morgan fingerprint density at radius 2 is 1.69 bits per heavy atom. The van der Waals surface area contributed by atoms with Crippen molar-refractivity contribution in [3.63, 3.8) is 0 Å². The monoisotopic (exact) mass is 477 g/mol. The number of sulfonamides is 1. The maximum atomic E-state index is 13.3. The lowest BCUT2D eigenvalue weighted by atomic mass is 10.1. The lowest BCUT2D eigenvalue weighted by molar-refractivity contribution is -0.140. The van der Waals surface area contributed by atoms with E-state index >= 15 is 0 Å². The van der Waals surface area contributed by atoms with E-state index in [0.717, 1.165) is 0 Å². The van der Waals surface area contributed by atoms with Crippen LogP contribution >= 0.6 is 11.6 Å². The summed E-state index contributed by atoms with van der Waals surface area (Å²) >= 11 is 6.24. The first kappa shape index (κ1) is 23.7. The van der Waals surface area contributed by atoms with Gasteiger partial charge < -0.3 is 10.2 Å². The number of hydrogen-bond acceptors (Lipinski definition) is 5. The highest BCUT2D eigenvalue weighted by molar-refractivity contribution is 7.90. The van der Waals surface area contributed by atoms with E-state index in [4.69, 9.17) is 11.6 Å². The smallest absolute Gasteiger partial charge is 0.269 e. The number of rotatable bonds is 7. The Morgan fingerprint density at radius 3 is 2.31 bits per heavy atom. The van der Waals surface area contributed by atoms with Crippen LogP contribution in [-0.2, 0) is 26.2 Å². The van der Waals surface area contributed by atoms with Gasteiger partial charge in [0.2, 0.25) is 11.8 Å². The van der Waals surface area contributed by atoms with Crippen molar-refractivity contribution in [3.05, 3.63) is 64.7 Å². The maximum Gasteiger partial charge on any atom is 0.269 e. The number of fused-ring (bicyclic) bond motifs is 1. The summed E-state index contributed by atoms with van der Waals surface area (Å²) in [6, 6.07) is 11.6. The Kier molecular flexibility index (Phi) is 6.90. The number of amides is 3. The predicted octanol–water partition coefficient (Wildman–Crippen LogP) is 2.43. The molecule has 1 atom stereocenters. The molecule has 10 heteroatoms. The average molecular weight is 478 g/mol. The van der Waals surface area contributed by atoms with Crippen molar-refractivity contribution >= 4 is 39.3 Å². The molecule has 0 saturated heterocycles. The van der Waals surface area contributed by atoms with Crippen molar-refractivity contribution in [2.45, 2.75) is 44.3 Å². The van der Waals surface area contributed by atoms with Crippen LogP contribution in [0.1, 0.15) is 36.7 Å². The van der Waals surface area contributed by atoms with Gasteiger partial charge in [0.1, 0.15) is 17.5 Å². The molecule has 8 nitrogen and oxygen atoms in total. The van der Waals surface area contributed by atoms with Crippen LogP contribution in [0, 0.1) is 0 Å². The van der Waals surface area contributed by atoms with Crippen LogP contribution in [0.2, 0.25) is 5.02 Å². The number of nitrogens with zero attached hydrogens (tertiary/aromatic N) is 2. The van der Waals surface area contributed by atoms with Gasteiger partial charge >= 0.3 is 0 Å². The van der Waals surface area contributed by atoms with Crippen molar-refractivity contribution in [1.82, 2.24) is 14.5 Å². The Morgan fingerprint density at radius 1 is 1.06 bits per heavy atom. The molecule has 2 aromatic rings. The third kappa shape index (κ3) is 4.63. The van der Waals surface area contributed by atoms with Crippen LogP contribution in [-0.4, -0.2) is 54.0 Å². The highest BCUT2D eigenvalue weighted by Crippen LogP contribution is 2.30. The number of benzene rings is 2. The molecule has 0 fully saturated rings. The Hall–Kier alpha value is -2.91. The molecule has 3 amide bonds. The van der Waals surface area contributed by atoms with Crippen LogP contribution in [0.5, 0.6) is 0 Å². The summed E-state index contributed by atoms with van der Waals surface area (Å²) < 4.78 is 26.2. The van der Waals surface area contributed by atoms with Crippen molar-refractivity contribution < 1.29 is 22.8 Å². The van der Waals surface area contributed by atoms with Crippen LogP contribution in [0.4, 0.5) is 0 Å². The molecule has 1 heterocycles. The molecule has 0 unspecified atom stereocenters. The number of carbonyl (C=O) groups is 3. The molecule has 1 aliphatic heterocycles. The quantitative estimate of drug-likeness (QED) is 0.659. The largest absolute Gasteiger partial charge is 0.352 e. The van der Waals surface area contributed by atoms with Gasteiger partial charge in [-0.15, -0.1) is 0 Å². The zero-order valence-electron chi connectivity index (χ0n) is 17.9. The fraction of sp³-hybridized carbons (Fsp3) is 0.318. The molecular formula is C22H24ClN3O5S. The molecule has 1 N–H and O–H groups in total. The van der Waals surface area contributed by atoms with Gasteiger partial charge in [-0.05, 0) is 44.5 Å². The van der Waals surface area contributed by atoms with Crippen LogP contribution in [0.15, 0.2) is 53.4 Å². The zero-order chi connectivity index (χ0) is 23.6. The van der Waals surface area contributed by atoms with Crippen LogP contribution < -0.4 is 5.32 Å². The Bertz CT molecular complexity index is 1170. The van der Waals surface area contributed by atoms with Gasteiger partial charge in [-0.3, -0.25) is 14.4 Å². The van der Waals surface area contributed by atoms with Gasteiger partial charge in [-0.2, -0.15) is 0 Å². The topological polar surface area (TPSA) is 104 Å².